The summed E-state index contributed by atoms with van der Waals surface area (Å²) in [5, 5.41) is 5.62. The SMILES string of the molecule is CCCNC(Cc1cccc(F)c1)c1cc(Br)cs1. The van der Waals surface area contributed by atoms with Crippen LogP contribution in [-0.4, -0.2) is 6.54 Å². The lowest BCUT2D eigenvalue weighted by molar-refractivity contribution is 0.534. The maximum absolute atomic E-state index is 13.3. The number of hydrogen-bond donors (Lipinski definition) is 1. The number of hydrogen-bond acceptors (Lipinski definition) is 2. The van der Waals surface area contributed by atoms with E-state index in [0.29, 0.717) is 0 Å². The van der Waals surface area contributed by atoms with Crippen molar-refractivity contribution in [2.75, 3.05) is 6.54 Å². The molecule has 1 N–H and O–H groups in total. The average molecular weight is 342 g/mol. The van der Waals surface area contributed by atoms with Gasteiger partial charge in [0.1, 0.15) is 5.82 Å². The van der Waals surface area contributed by atoms with E-state index >= 15 is 0 Å². The normalized spacial score (nSPS) is 12.6. The predicted octanol–water partition coefficient (Wildman–Crippen LogP) is 4.93. The Bertz CT molecular complexity index is 526. The van der Waals surface area contributed by atoms with E-state index in [2.05, 4.69) is 39.6 Å². The fourth-order valence-corrected chi connectivity index (χ4v) is 3.52. The molecule has 0 amide bonds. The second-order valence-electron chi connectivity index (χ2n) is 4.51. The largest absolute Gasteiger partial charge is 0.309 e. The fourth-order valence-electron chi connectivity index (χ4n) is 2.00. The zero-order valence-corrected chi connectivity index (χ0v) is 13.2. The summed E-state index contributed by atoms with van der Waals surface area (Å²) in [6.07, 6.45) is 1.90. The van der Waals surface area contributed by atoms with Crippen LogP contribution < -0.4 is 5.32 Å². The Hall–Kier alpha value is -0.710. The summed E-state index contributed by atoms with van der Waals surface area (Å²) in [6.45, 7) is 3.12. The maximum atomic E-state index is 13.3. The van der Waals surface area contributed by atoms with E-state index in [1.807, 2.05) is 6.07 Å². The lowest BCUT2D eigenvalue weighted by atomic mass is 10.0. The Labute approximate surface area is 126 Å². The zero-order chi connectivity index (χ0) is 13.7. The first-order valence-electron chi connectivity index (χ1n) is 6.40. The maximum Gasteiger partial charge on any atom is 0.123 e. The van der Waals surface area contributed by atoms with Crippen molar-refractivity contribution >= 4 is 27.3 Å². The zero-order valence-electron chi connectivity index (χ0n) is 10.8. The van der Waals surface area contributed by atoms with Gasteiger partial charge in [-0.25, -0.2) is 4.39 Å². The number of benzene rings is 1. The molecule has 1 unspecified atom stereocenters. The molecule has 2 rings (SSSR count). The highest BCUT2D eigenvalue weighted by molar-refractivity contribution is 9.10. The lowest BCUT2D eigenvalue weighted by Gasteiger charge is -2.17. The van der Waals surface area contributed by atoms with Gasteiger partial charge in [-0.15, -0.1) is 11.3 Å². The van der Waals surface area contributed by atoms with Gasteiger partial charge in [0.2, 0.25) is 0 Å². The molecular formula is C15H17BrFNS. The van der Waals surface area contributed by atoms with Crippen molar-refractivity contribution in [3.8, 4) is 0 Å². The Kier molecular flexibility index (Phi) is 5.55. The van der Waals surface area contributed by atoms with Crippen LogP contribution in [0.5, 0.6) is 0 Å². The summed E-state index contributed by atoms with van der Waals surface area (Å²) in [4.78, 5) is 1.28. The summed E-state index contributed by atoms with van der Waals surface area (Å²) in [5.74, 6) is -0.167. The molecule has 1 aromatic heterocycles. The van der Waals surface area contributed by atoms with Gasteiger partial charge in [0.25, 0.3) is 0 Å². The van der Waals surface area contributed by atoms with Crippen LogP contribution in [0.3, 0.4) is 0 Å². The number of halogens is 2. The first-order chi connectivity index (χ1) is 9.19. The quantitative estimate of drug-likeness (QED) is 0.785. The highest BCUT2D eigenvalue weighted by Gasteiger charge is 2.14. The molecule has 1 heterocycles. The fraction of sp³-hybridized carbons (Fsp3) is 0.333. The standard InChI is InChI=1S/C15H17BrFNS/c1-2-6-18-14(15-9-12(16)10-19-15)8-11-4-3-5-13(17)7-11/h3-5,7,9-10,14,18H,2,6,8H2,1H3. The van der Waals surface area contributed by atoms with E-state index in [9.17, 15) is 4.39 Å². The summed E-state index contributed by atoms with van der Waals surface area (Å²) >= 11 is 5.22. The number of rotatable bonds is 6. The van der Waals surface area contributed by atoms with Crippen LogP contribution in [0.25, 0.3) is 0 Å². The highest BCUT2D eigenvalue weighted by atomic mass is 79.9. The second kappa shape index (κ2) is 7.17. The Balaban J connectivity index is 2.13. The summed E-state index contributed by atoms with van der Waals surface area (Å²) in [5.41, 5.74) is 1.03. The van der Waals surface area contributed by atoms with Crippen molar-refractivity contribution in [1.29, 1.82) is 0 Å². The Morgan fingerprint density at radius 2 is 2.21 bits per heavy atom. The van der Waals surface area contributed by atoms with Gasteiger partial charge in [0.15, 0.2) is 0 Å². The average Bonchev–Trinajstić information content (AvgIpc) is 2.81. The van der Waals surface area contributed by atoms with E-state index in [4.69, 9.17) is 0 Å². The molecule has 0 saturated carbocycles. The molecule has 0 spiro atoms. The second-order valence-corrected chi connectivity index (χ2v) is 6.37. The van der Waals surface area contributed by atoms with Gasteiger partial charge >= 0.3 is 0 Å². The van der Waals surface area contributed by atoms with E-state index in [1.54, 1.807) is 23.5 Å². The third kappa shape index (κ3) is 4.41. The summed E-state index contributed by atoms with van der Waals surface area (Å²) < 4.78 is 14.4. The molecule has 102 valence electrons. The first-order valence-corrected chi connectivity index (χ1v) is 8.08. The van der Waals surface area contributed by atoms with Crippen LogP contribution in [0.4, 0.5) is 4.39 Å². The molecule has 0 saturated heterocycles. The van der Waals surface area contributed by atoms with Gasteiger partial charge < -0.3 is 5.32 Å². The van der Waals surface area contributed by atoms with Crippen LogP contribution in [0, 0.1) is 5.82 Å². The Morgan fingerprint density at radius 1 is 1.37 bits per heavy atom. The molecule has 0 bridgehead atoms. The Morgan fingerprint density at radius 3 is 2.84 bits per heavy atom. The molecule has 1 atom stereocenters. The third-order valence-corrected chi connectivity index (χ3v) is 4.71. The highest BCUT2D eigenvalue weighted by Crippen LogP contribution is 2.28. The molecule has 0 aliphatic heterocycles. The number of nitrogens with one attached hydrogen (secondary N) is 1. The topological polar surface area (TPSA) is 12.0 Å². The van der Waals surface area contributed by atoms with E-state index in [1.165, 1.54) is 10.9 Å². The van der Waals surface area contributed by atoms with Crippen molar-refractivity contribution in [3.63, 3.8) is 0 Å². The van der Waals surface area contributed by atoms with Crippen molar-refractivity contribution < 1.29 is 4.39 Å². The van der Waals surface area contributed by atoms with Gasteiger partial charge in [-0.05, 0) is 59.1 Å². The van der Waals surface area contributed by atoms with Gasteiger partial charge in [-0.3, -0.25) is 0 Å². The molecular weight excluding hydrogens is 325 g/mol. The van der Waals surface area contributed by atoms with Crippen molar-refractivity contribution in [2.24, 2.45) is 0 Å². The molecule has 0 aliphatic rings. The van der Waals surface area contributed by atoms with Crippen LogP contribution in [-0.2, 0) is 6.42 Å². The van der Waals surface area contributed by atoms with E-state index < -0.39 is 0 Å². The minimum Gasteiger partial charge on any atom is -0.309 e. The van der Waals surface area contributed by atoms with Crippen molar-refractivity contribution in [2.45, 2.75) is 25.8 Å². The van der Waals surface area contributed by atoms with Gasteiger partial charge in [0, 0.05) is 20.8 Å². The molecule has 4 heteroatoms. The molecule has 0 aliphatic carbocycles. The van der Waals surface area contributed by atoms with Gasteiger partial charge in [-0.2, -0.15) is 0 Å². The van der Waals surface area contributed by atoms with Crippen LogP contribution >= 0.6 is 27.3 Å². The monoisotopic (exact) mass is 341 g/mol. The molecule has 1 aromatic carbocycles. The van der Waals surface area contributed by atoms with Crippen LogP contribution in [0.15, 0.2) is 40.2 Å². The minimum absolute atomic E-state index is 0.167. The molecule has 19 heavy (non-hydrogen) atoms. The van der Waals surface area contributed by atoms with E-state index in [-0.39, 0.29) is 11.9 Å². The van der Waals surface area contributed by atoms with Crippen LogP contribution in [0.1, 0.15) is 29.8 Å². The molecule has 0 radical (unpaired) electrons. The molecule has 1 nitrogen and oxygen atoms in total. The lowest BCUT2D eigenvalue weighted by Crippen LogP contribution is -2.23. The van der Waals surface area contributed by atoms with Gasteiger partial charge in [0.05, 0.1) is 0 Å². The van der Waals surface area contributed by atoms with Gasteiger partial charge in [-0.1, -0.05) is 19.1 Å². The van der Waals surface area contributed by atoms with Crippen molar-refractivity contribution in [3.05, 3.63) is 56.4 Å². The summed E-state index contributed by atoms with van der Waals surface area (Å²) in [7, 11) is 0. The molecule has 2 aromatic rings. The van der Waals surface area contributed by atoms with E-state index in [0.717, 1.165) is 29.4 Å². The third-order valence-electron chi connectivity index (χ3n) is 2.90. The van der Waals surface area contributed by atoms with Crippen molar-refractivity contribution in [1.82, 2.24) is 5.32 Å². The first kappa shape index (κ1) is 14.7. The van der Waals surface area contributed by atoms with Crippen LogP contribution in [0.2, 0.25) is 0 Å². The summed E-state index contributed by atoms with van der Waals surface area (Å²) in [6, 6.07) is 9.23. The smallest absolute Gasteiger partial charge is 0.123 e. The minimum atomic E-state index is -0.167. The predicted molar refractivity (Wildman–Crippen MR) is 83.2 cm³/mol. The molecule has 0 fully saturated rings. The number of thiophene rings is 1.